The van der Waals surface area contributed by atoms with E-state index in [2.05, 4.69) is 36.5 Å². The van der Waals surface area contributed by atoms with Crippen molar-refractivity contribution in [2.75, 3.05) is 13.2 Å². The summed E-state index contributed by atoms with van der Waals surface area (Å²) in [6.07, 6.45) is 0. The summed E-state index contributed by atoms with van der Waals surface area (Å²) in [4.78, 5) is 0. The molecule has 0 radical (unpaired) electrons. The fraction of sp³-hybridized carbons (Fsp3) is 0.500. The maximum Gasteiger partial charge on any atom is 0.0531 e. The average Bonchev–Trinajstić information content (AvgIpc) is 2.14. The Balaban J connectivity index is 1.76. The molecule has 2 nitrogen and oxygen atoms in total. The zero-order valence-electron chi connectivity index (χ0n) is 8.57. The molecule has 14 heavy (non-hydrogen) atoms. The maximum absolute atomic E-state index is 5.17. The van der Waals surface area contributed by atoms with E-state index in [0.29, 0.717) is 12.0 Å². The quantitative estimate of drug-likeness (QED) is 0.783. The van der Waals surface area contributed by atoms with Gasteiger partial charge in [-0.05, 0) is 12.5 Å². The molecule has 0 amide bonds. The highest BCUT2D eigenvalue weighted by molar-refractivity contribution is 5.14. The van der Waals surface area contributed by atoms with Crippen molar-refractivity contribution in [2.24, 2.45) is 5.92 Å². The highest BCUT2D eigenvalue weighted by Crippen LogP contribution is 2.14. The van der Waals surface area contributed by atoms with E-state index >= 15 is 0 Å². The summed E-state index contributed by atoms with van der Waals surface area (Å²) in [6.45, 7) is 5.03. The zero-order chi connectivity index (χ0) is 9.80. The van der Waals surface area contributed by atoms with Crippen LogP contribution in [0, 0.1) is 5.92 Å². The summed E-state index contributed by atoms with van der Waals surface area (Å²) < 4.78 is 5.17. The topological polar surface area (TPSA) is 21.3 Å². The molecule has 0 aliphatic carbocycles. The number of ether oxygens (including phenoxy) is 1. The number of hydrogen-bond donors (Lipinski definition) is 1. The Morgan fingerprint density at radius 2 is 2.07 bits per heavy atom. The van der Waals surface area contributed by atoms with E-state index in [9.17, 15) is 0 Å². The molecule has 1 unspecified atom stereocenters. The Morgan fingerprint density at radius 3 is 2.64 bits per heavy atom. The minimum atomic E-state index is 0.559. The molecule has 1 N–H and O–H groups in total. The van der Waals surface area contributed by atoms with E-state index in [4.69, 9.17) is 4.74 Å². The van der Waals surface area contributed by atoms with Crippen LogP contribution in [0.2, 0.25) is 0 Å². The minimum Gasteiger partial charge on any atom is -0.381 e. The van der Waals surface area contributed by atoms with Crippen molar-refractivity contribution in [3.05, 3.63) is 35.9 Å². The van der Waals surface area contributed by atoms with Gasteiger partial charge in [-0.1, -0.05) is 30.3 Å². The first-order chi connectivity index (χ1) is 6.86. The highest BCUT2D eigenvalue weighted by Gasteiger charge is 2.24. The number of nitrogens with one attached hydrogen (secondary N) is 1. The van der Waals surface area contributed by atoms with Gasteiger partial charge >= 0.3 is 0 Å². The van der Waals surface area contributed by atoms with Crippen LogP contribution in [0.3, 0.4) is 0 Å². The summed E-state index contributed by atoms with van der Waals surface area (Å²) in [7, 11) is 0. The normalized spacial score (nSPS) is 18.9. The van der Waals surface area contributed by atoms with Gasteiger partial charge in [-0.2, -0.15) is 0 Å². The molecule has 0 bridgehead atoms. The third-order valence-corrected chi connectivity index (χ3v) is 2.84. The second-order valence-corrected chi connectivity index (χ2v) is 3.95. The summed E-state index contributed by atoms with van der Waals surface area (Å²) in [5.74, 6) is 0.707. The van der Waals surface area contributed by atoms with Gasteiger partial charge in [-0.15, -0.1) is 0 Å². The standard InChI is InChI=1S/C12H17NO/c1-10(12-8-14-9-12)13-7-11-5-3-2-4-6-11/h2-6,10,12-13H,7-9H2,1H3. The molecule has 0 saturated carbocycles. The second kappa shape index (κ2) is 4.58. The maximum atomic E-state index is 5.17. The Bertz CT molecular complexity index is 269. The molecule has 1 fully saturated rings. The van der Waals surface area contributed by atoms with E-state index in [1.54, 1.807) is 0 Å². The second-order valence-electron chi connectivity index (χ2n) is 3.95. The molecule has 1 aromatic carbocycles. The third kappa shape index (κ3) is 2.34. The van der Waals surface area contributed by atoms with Gasteiger partial charge in [-0.25, -0.2) is 0 Å². The summed E-state index contributed by atoms with van der Waals surface area (Å²) in [6, 6.07) is 11.1. The van der Waals surface area contributed by atoms with Gasteiger partial charge in [0.1, 0.15) is 0 Å². The third-order valence-electron chi connectivity index (χ3n) is 2.84. The lowest BCUT2D eigenvalue weighted by atomic mass is 9.99. The first kappa shape index (κ1) is 9.69. The molecular weight excluding hydrogens is 174 g/mol. The van der Waals surface area contributed by atoms with E-state index in [1.807, 2.05) is 6.07 Å². The van der Waals surface area contributed by atoms with E-state index in [0.717, 1.165) is 19.8 Å². The van der Waals surface area contributed by atoms with Crippen LogP contribution in [0.25, 0.3) is 0 Å². The first-order valence-electron chi connectivity index (χ1n) is 5.21. The molecule has 2 rings (SSSR count). The summed E-state index contributed by atoms with van der Waals surface area (Å²) >= 11 is 0. The van der Waals surface area contributed by atoms with Crippen LogP contribution in [0.15, 0.2) is 30.3 Å². The highest BCUT2D eigenvalue weighted by atomic mass is 16.5. The molecule has 1 saturated heterocycles. The number of benzene rings is 1. The van der Waals surface area contributed by atoms with Crippen LogP contribution in [-0.4, -0.2) is 19.3 Å². The van der Waals surface area contributed by atoms with Gasteiger partial charge < -0.3 is 10.1 Å². The minimum absolute atomic E-state index is 0.559. The van der Waals surface area contributed by atoms with Crippen LogP contribution >= 0.6 is 0 Å². The Labute approximate surface area is 85.3 Å². The zero-order valence-corrected chi connectivity index (χ0v) is 8.57. The Kier molecular flexibility index (Phi) is 3.17. The van der Waals surface area contributed by atoms with Crippen LogP contribution < -0.4 is 5.32 Å². The van der Waals surface area contributed by atoms with Crippen LogP contribution in [0.1, 0.15) is 12.5 Å². The average molecular weight is 191 g/mol. The number of rotatable bonds is 4. The molecular formula is C12H17NO. The van der Waals surface area contributed by atoms with Gasteiger partial charge in [-0.3, -0.25) is 0 Å². The van der Waals surface area contributed by atoms with Crippen molar-refractivity contribution in [2.45, 2.75) is 19.5 Å². The molecule has 76 valence electrons. The van der Waals surface area contributed by atoms with Crippen LogP contribution in [0.4, 0.5) is 0 Å². The smallest absolute Gasteiger partial charge is 0.0531 e. The van der Waals surface area contributed by atoms with Crippen molar-refractivity contribution in [1.82, 2.24) is 5.32 Å². The Morgan fingerprint density at radius 1 is 1.36 bits per heavy atom. The molecule has 2 heteroatoms. The SMILES string of the molecule is CC(NCc1ccccc1)C1COC1. The van der Waals surface area contributed by atoms with Crippen molar-refractivity contribution in [3.8, 4) is 0 Å². The van der Waals surface area contributed by atoms with E-state index < -0.39 is 0 Å². The van der Waals surface area contributed by atoms with Gasteiger partial charge in [0.05, 0.1) is 13.2 Å². The largest absolute Gasteiger partial charge is 0.381 e. The lowest BCUT2D eigenvalue weighted by Crippen LogP contribution is -2.43. The van der Waals surface area contributed by atoms with Gasteiger partial charge in [0.25, 0.3) is 0 Å². The van der Waals surface area contributed by atoms with Crippen molar-refractivity contribution < 1.29 is 4.74 Å². The van der Waals surface area contributed by atoms with Gasteiger partial charge in [0, 0.05) is 18.5 Å². The predicted octanol–water partition coefficient (Wildman–Crippen LogP) is 1.81. The monoisotopic (exact) mass is 191 g/mol. The molecule has 0 spiro atoms. The fourth-order valence-electron chi connectivity index (χ4n) is 1.58. The summed E-state index contributed by atoms with van der Waals surface area (Å²) in [5.41, 5.74) is 1.35. The van der Waals surface area contributed by atoms with Gasteiger partial charge in [0.2, 0.25) is 0 Å². The molecule has 1 atom stereocenters. The molecule has 1 aliphatic rings. The number of hydrogen-bond acceptors (Lipinski definition) is 2. The van der Waals surface area contributed by atoms with Crippen molar-refractivity contribution in [3.63, 3.8) is 0 Å². The van der Waals surface area contributed by atoms with Crippen LogP contribution in [0.5, 0.6) is 0 Å². The lowest BCUT2D eigenvalue weighted by molar-refractivity contribution is -0.0468. The predicted molar refractivity (Wildman–Crippen MR) is 57.1 cm³/mol. The first-order valence-corrected chi connectivity index (χ1v) is 5.21. The summed E-state index contributed by atoms with van der Waals surface area (Å²) in [5, 5.41) is 3.52. The van der Waals surface area contributed by atoms with Crippen molar-refractivity contribution in [1.29, 1.82) is 0 Å². The molecule has 1 heterocycles. The molecule has 1 aliphatic heterocycles. The molecule has 1 aromatic rings. The van der Waals surface area contributed by atoms with Crippen molar-refractivity contribution >= 4 is 0 Å². The van der Waals surface area contributed by atoms with Gasteiger partial charge in [0.15, 0.2) is 0 Å². The van der Waals surface area contributed by atoms with E-state index in [1.165, 1.54) is 5.56 Å². The fourth-order valence-corrected chi connectivity index (χ4v) is 1.58. The van der Waals surface area contributed by atoms with E-state index in [-0.39, 0.29) is 0 Å². The molecule has 0 aromatic heterocycles. The Hall–Kier alpha value is -0.860. The van der Waals surface area contributed by atoms with Crippen LogP contribution in [-0.2, 0) is 11.3 Å². The lowest BCUT2D eigenvalue weighted by Gasteiger charge is -2.32.